The van der Waals surface area contributed by atoms with E-state index in [0.717, 1.165) is 50.4 Å². The number of quaternary nitrogens is 1. The van der Waals surface area contributed by atoms with E-state index in [4.69, 9.17) is 15.0 Å². The number of para-hydroxylation sites is 2. The number of pyridine rings is 1. The van der Waals surface area contributed by atoms with E-state index in [9.17, 15) is 0 Å². The van der Waals surface area contributed by atoms with Crippen molar-refractivity contribution in [3.8, 4) is 67.3 Å². The van der Waals surface area contributed by atoms with E-state index in [1.54, 1.807) is 11.3 Å². The molecule has 1 aliphatic heterocycles. The number of fused-ring (bicyclic) bond motifs is 6. The van der Waals surface area contributed by atoms with Crippen molar-refractivity contribution in [1.29, 1.82) is 0 Å². The molecule has 56 heavy (non-hydrogen) atoms. The molecule has 3 aromatic heterocycles. The summed E-state index contributed by atoms with van der Waals surface area (Å²) in [6.45, 7) is 0. The van der Waals surface area contributed by atoms with E-state index in [-0.39, 0.29) is 0 Å². The number of nitrogens with one attached hydrogen (secondary N) is 1. The van der Waals surface area contributed by atoms with Crippen molar-refractivity contribution < 1.29 is 4.90 Å². The summed E-state index contributed by atoms with van der Waals surface area (Å²) in [7, 11) is 0. The highest BCUT2D eigenvalue weighted by molar-refractivity contribution is 7.26. The lowest BCUT2D eigenvalue weighted by Gasteiger charge is -2.18. The fourth-order valence-electron chi connectivity index (χ4n) is 8.16. The van der Waals surface area contributed by atoms with E-state index < -0.39 is 0 Å². The van der Waals surface area contributed by atoms with Crippen LogP contribution in [0, 0.1) is 0 Å². The van der Waals surface area contributed by atoms with Gasteiger partial charge < -0.3 is 0 Å². The minimum Gasteiger partial charge on any atom is -0.255 e. The molecule has 11 rings (SSSR count). The fraction of sp³-hybridized carbons (Fsp3) is 0. The van der Waals surface area contributed by atoms with Crippen molar-refractivity contribution in [3.05, 3.63) is 194 Å². The first-order valence-corrected chi connectivity index (χ1v) is 19.7. The van der Waals surface area contributed by atoms with Gasteiger partial charge in [-0.2, -0.15) is 0 Å². The maximum Gasteiger partial charge on any atom is 0.160 e. The first-order chi connectivity index (χ1) is 27.7. The van der Waals surface area contributed by atoms with Gasteiger partial charge in [0, 0.05) is 73.9 Å². The molecule has 0 saturated heterocycles. The zero-order chi connectivity index (χ0) is 37.0. The number of hydrogen-bond acceptors (Lipinski definition) is 4. The summed E-state index contributed by atoms with van der Waals surface area (Å²) in [6, 6.07) is 66.9. The first-order valence-electron chi connectivity index (χ1n) is 18.8. The van der Waals surface area contributed by atoms with E-state index >= 15 is 0 Å². The molecule has 1 N–H and O–H groups in total. The molecule has 1 aliphatic rings. The molecule has 5 heteroatoms. The molecule has 0 atom stereocenters. The third-order valence-corrected chi connectivity index (χ3v) is 12.0. The van der Waals surface area contributed by atoms with Crippen molar-refractivity contribution in [2.75, 3.05) is 0 Å². The van der Waals surface area contributed by atoms with Crippen LogP contribution in [0.5, 0.6) is 0 Å². The Labute approximate surface area is 328 Å². The Balaban J connectivity index is 1.14. The average molecular weight is 734 g/mol. The molecule has 0 unspecified atom stereocenters. The topological polar surface area (TPSA) is 43.1 Å². The standard InChI is InChI=1S/C51H32N4S/c1-3-13-33(14-4-1)34-23-25-35(26-24-34)44-32-45(54-51(53-44)36-15-5-2-6-16-36)38-29-37(40-27-28-52-49-43-19-9-12-22-48(43)56-50(40)49)30-39(31-38)55-46-20-10-7-17-41(46)42-18-8-11-21-47(42)55/h1-32H/p+1. The molecule has 0 radical (unpaired) electrons. The maximum atomic E-state index is 5.32. The highest BCUT2D eigenvalue weighted by Crippen LogP contribution is 2.43. The third-order valence-electron chi connectivity index (χ3n) is 10.8. The summed E-state index contributed by atoms with van der Waals surface area (Å²) < 4.78 is 2.42. The highest BCUT2D eigenvalue weighted by Gasteiger charge is 2.33. The molecule has 262 valence electrons. The molecule has 7 aromatic carbocycles. The van der Waals surface area contributed by atoms with Gasteiger partial charge >= 0.3 is 0 Å². The van der Waals surface area contributed by atoms with E-state index in [1.807, 2.05) is 30.5 Å². The summed E-state index contributed by atoms with van der Waals surface area (Å²) in [6.07, 6.45) is 1.95. The molecular weight excluding hydrogens is 701 g/mol. The largest absolute Gasteiger partial charge is 0.255 e. The van der Waals surface area contributed by atoms with Crippen LogP contribution < -0.4 is 4.90 Å². The predicted octanol–water partition coefficient (Wildman–Crippen LogP) is 12.7. The minimum atomic E-state index is 0.692. The van der Waals surface area contributed by atoms with Crippen LogP contribution in [0.2, 0.25) is 0 Å². The van der Waals surface area contributed by atoms with Gasteiger partial charge in [0.1, 0.15) is 17.1 Å². The Kier molecular flexibility index (Phi) is 7.73. The van der Waals surface area contributed by atoms with Crippen LogP contribution in [-0.4, -0.2) is 15.0 Å². The molecule has 10 aromatic rings. The van der Waals surface area contributed by atoms with Gasteiger partial charge in [-0.1, -0.05) is 127 Å². The van der Waals surface area contributed by atoms with Gasteiger partial charge in [0.15, 0.2) is 5.82 Å². The number of nitrogens with zero attached hydrogens (tertiary/aromatic N) is 3. The van der Waals surface area contributed by atoms with E-state index in [0.29, 0.717) is 5.82 Å². The highest BCUT2D eigenvalue weighted by atomic mass is 32.1. The van der Waals surface area contributed by atoms with Crippen LogP contribution in [0.15, 0.2) is 194 Å². The molecular formula is C51H33N4S+. The van der Waals surface area contributed by atoms with Crippen molar-refractivity contribution >= 4 is 48.7 Å². The van der Waals surface area contributed by atoms with E-state index in [1.165, 1.54) is 53.3 Å². The number of benzene rings is 7. The molecule has 0 saturated carbocycles. The number of aromatic nitrogens is 3. The van der Waals surface area contributed by atoms with Gasteiger partial charge in [-0.25, -0.2) is 14.9 Å². The van der Waals surface area contributed by atoms with Crippen LogP contribution in [0.4, 0.5) is 17.1 Å². The molecule has 0 aliphatic carbocycles. The van der Waals surface area contributed by atoms with Crippen molar-refractivity contribution in [3.63, 3.8) is 0 Å². The third kappa shape index (κ3) is 5.52. The molecule has 0 fully saturated rings. The second kappa shape index (κ2) is 13.4. The SMILES string of the molecule is c1ccc(-c2ccc(-c3cc(-c4cc(-c5ccnc6c5sc5ccccc56)cc([NH+]5c6ccccc6-c6ccccc65)c4)nc(-c4ccccc4)n3)cc2)cc1. The minimum absolute atomic E-state index is 0.692. The lowest BCUT2D eigenvalue weighted by Crippen LogP contribution is -2.95. The second-order valence-corrected chi connectivity index (χ2v) is 15.2. The predicted molar refractivity (Wildman–Crippen MR) is 232 cm³/mol. The zero-order valence-electron chi connectivity index (χ0n) is 30.2. The summed E-state index contributed by atoms with van der Waals surface area (Å²) in [5, 5.41) is 1.19. The van der Waals surface area contributed by atoms with Gasteiger partial charge in [0.05, 0.1) is 21.6 Å². The Morgan fingerprint density at radius 1 is 0.411 bits per heavy atom. The summed E-state index contributed by atoms with van der Waals surface area (Å²) >= 11 is 1.80. The Morgan fingerprint density at radius 3 is 1.71 bits per heavy atom. The fourth-order valence-corrected chi connectivity index (χ4v) is 9.36. The summed E-state index contributed by atoms with van der Waals surface area (Å²) in [5.41, 5.74) is 16.6. The molecule has 0 amide bonds. The van der Waals surface area contributed by atoms with Gasteiger partial charge in [0.25, 0.3) is 0 Å². The van der Waals surface area contributed by atoms with Gasteiger partial charge in [-0.15, -0.1) is 11.3 Å². The Hall–Kier alpha value is -7.05. The van der Waals surface area contributed by atoms with Crippen molar-refractivity contribution in [1.82, 2.24) is 15.0 Å². The Bertz CT molecular complexity index is 3040. The summed E-state index contributed by atoms with van der Waals surface area (Å²) in [5.74, 6) is 0.692. The van der Waals surface area contributed by atoms with Gasteiger partial charge in [0.2, 0.25) is 0 Å². The number of rotatable bonds is 6. The van der Waals surface area contributed by atoms with Crippen LogP contribution in [0.25, 0.3) is 87.6 Å². The number of hydrogen-bond donors (Lipinski definition) is 1. The van der Waals surface area contributed by atoms with Crippen molar-refractivity contribution in [2.24, 2.45) is 0 Å². The normalized spacial score (nSPS) is 12.2. The van der Waals surface area contributed by atoms with Crippen LogP contribution in [0.3, 0.4) is 0 Å². The van der Waals surface area contributed by atoms with Crippen LogP contribution in [0.1, 0.15) is 0 Å². The molecule has 0 spiro atoms. The lowest BCUT2D eigenvalue weighted by molar-refractivity contribution is -0.677. The van der Waals surface area contributed by atoms with Crippen LogP contribution in [-0.2, 0) is 0 Å². The smallest absolute Gasteiger partial charge is 0.160 e. The first kappa shape index (κ1) is 32.4. The number of thiophene rings is 1. The van der Waals surface area contributed by atoms with Crippen LogP contribution >= 0.6 is 11.3 Å². The molecule has 0 bridgehead atoms. The van der Waals surface area contributed by atoms with Gasteiger partial charge in [-0.3, -0.25) is 4.98 Å². The monoisotopic (exact) mass is 733 g/mol. The second-order valence-electron chi connectivity index (χ2n) is 14.2. The van der Waals surface area contributed by atoms with Crippen molar-refractivity contribution in [2.45, 2.75) is 0 Å². The average Bonchev–Trinajstić information content (AvgIpc) is 3.83. The molecule has 4 heterocycles. The zero-order valence-corrected chi connectivity index (χ0v) is 31.0. The van der Waals surface area contributed by atoms with E-state index in [2.05, 4.69) is 164 Å². The molecule has 4 nitrogen and oxygen atoms in total. The lowest BCUT2D eigenvalue weighted by atomic mass is 9.98. The summed E-state index contributed by atoms with van der Waals surface area (Å²) in [4.78, 5) is 16.6. The quantitative estimate of drug-likeness (QED) is 0.185. The maximum absolute atomic E-state index is 5.32. The van der Waals surface area contributed by atoms with Gasteiger partial charge in [-0.05, 0) is 53.1 Å². The Morgan fingerprint density at radius 2 is 0.982 bits per heavy atom.